The summed E-state index contributed by atoms with van der Waals surface area (Å²) in [6, 6.07) is 5.15. The molecule has 0 unspecified atom stereocenters. The van der Waals surface area contributed by atoms with Crippen LogP contribution < -0.4 is 15.4 Å². The molecule has 8 heteroatoms. The maximum Gasteiger partial charge on any atom is 0.319 e. The number of likely N-dealkylation sites (N-methyl/N-ethyl adjacent to an activating group) is 1. The Morgan fingerprint density at radius 2 is 1.94 bits per heavy atom. The molecule has 196 valence electrons. The highest BCUT2D eigenvalue weighted by Gasteiger charge is 2.30. The summed E-state index contributed by atoms with van der Waals surface area (Å²) in [5, 5.41) is 5.65. The van der Waals surface area contributed by atoms with E-state index in [1.165, 1.54) is 25.7 Å². The van der Waals surface area contributed by atoms with Crippen molar-refractivity contribution in [2.45, 2.75) is 65.0 Å². The van der Waals surface area contributed by atoms with Crippen LogP contribution in [0.4, 0.5) is 10.5 Å². The van der Waals surface area contributed by atoms with Crippen LogP contribution in [0, 0.1) is 11.8 Å². The van der Waals surface area contributed by atoms with Crippen LogP contribution in [-0.2, 0) is 4.74 Å². The fraction of sp³-hybridized carbons (Fsp3) is 0.704. The molecule has 1 heterocycles. The van der Waals surface area contributed by atoms with E-state index in [9.17, 15) is 9.59 Å². The van der Waals surface area contributed by atoms with Crippen LogP contribution in [0.15, 0.2) is 18.2 Å². The fourth-order valence-corrected chi connectivity index (χ4v) is 5.12. The third-order valence-corrected chi connectivity index (χ3v) is 7.34. The minimum Gasteiger partial charge on any atom is -0.491 e. The van der Waals surface area contributed by atoms with Crippen molar-refractivity contribution in [2.24, 2.45) is 11.8 Å². The van der Waals surface area contributed by atoms with E-state index in [4.69, 9.17) is 9.47 Å². The SMILES string of the molecule is CCCNC(=O)Nc1ccc2c(c1)OC[C@H](C)N(CC1CCCC1)C[C@H](C)[C@@H](OC)CN(C)C2=O. The lowest BCUT2D eigenvalue weighted by Gasteiger charge is -2.37. The van der Waals surface area contributed by atoms with Crippen molar-refractivity contribution in [3.63, 3.8) is 0 Å². The summed E-state index contributed by atoms with van der Waals surface area (Å²) in [6.45, 7) is 9.94. The van der Waals surface area contributed by atoms with E-state index in [0.717, 1.165) is 25.4 Å². The van der Waals surface area contributed by atoms with Crippen molar-refractivity contribution < 1.29 is 19.1 Å². The Bertz CT molecular complexity index is 842. The zero-order valence-corrected chi connectivity index (χ0v) is 22.1. The third kappa shape index (κ3) is 7.58. The Kier molecular flexibility index (Phi) is 10.2. The molecule has 0 saturated heterocycles. The monoisotopic (exact) mass is 488 g/mol. The van der Waals surface area contributed by atoms with Crippen molar-refractivity contribution in [1.82, 2.24) is 15.1 Å². The average Bonchev–Trinajstić information content (AvgIpc) is 3.36. The molecule has 1 aromatic carbocycles. The number of rotatable bonds is 6. The van der Waals surface area contributed by atoms with E-state index in [2.05, 4.69) is 29.4 Å². The first-order valence-electron chi connectivity index (χ1n) is 13.2. The summed E-state index contributed by atoms with van der Waals surface area (Å²) in [6.07, 6.45) is 6.03. The van der Waals surface area contributed by atoms with Crippen molar-refractivity contribution in [2.75, 3.05) is 52.3 Å². The first-order chi connectivity index (χ1) is 16.8. The minimum absolute atomic E-state index is 0.0609. The lowest BCUT2D eigenvalue weighted by molar-refractivity contribution is 0.00814. The Balaban J connectivity index is 1.86. The van der Waals surface area contributed by atoms with Gasteiger partial charge in [0.1, 0.15) is 12.4 Å². The van der Waals surface area contributed by atoms with Crippen molar-refractivity contribution in [3.05, 3.63) is 23.8 Å². The largest absolute Gasteiger partial charge is 0.491 e. The zero-order chi connectivity index (χ0) is 25.4. The predicted octanol–water partition coefficient (Wildman–Crippen LogP) is 4.21. The fourth-order valence-electron chi connectivity index (χ4n) is 5.12. The molecule has 0 bridgehead atoms. The maximum absolute atomic E-state index is 13.4. The second kappa shape index (κ2) is 13.1. The number of methoxy groups -OCH3 is 1. The van der Waals surface area contributed by atoms with Crippen LogP contribution in [0.25, 0.3) is 0 Å². The van der Waals surface area contributed by atoms with Gasteiger partial charge in [-0.1, -0.05) is 26.7 Å². The van der Waals surface area contributed by atoms with Gasteiger partial charge in [-0.2, -0.15) is 0 Å². The zero-order valence-electron chi connectivity index (χ0n) is 22.1. The molecule has 3 amide bonds. The van der Waals surface area contributed by atoms with E-state index in [1.54, 1.807) is 37.3 Å². The number of nitrogens with zero attached hydrogens (tertiary/aromatic N) is 2. The molecule has 1 aromatic rings. The van der Waals surface area contributed by atoms with Crippen LogP contribution in [0.3, 0.4) is 0 Å². The normalized spacial score (nSPS) is 24.8. The van der Waals surface area contributed by atoms with E-state index in [1.807, 2.05) is 6.92 Å². The van der Waals surface area contributed by atoms with E-state index in [0.29, 0.717) is 36.7 Å². The van der Waals surface area contributed by atoms with Gasteiger partial charge in [-0.3, -0.25) is 9.69 Å². The highest BCUT2D eigenvalue weighted by molar-refractivity contribution is 5.98. The number of benzene rings is 1. The van der Waals surface area contributed by atoms with Crippen LogP contribution >= 0.6 is 0 Å². The number of nitrogens with one attached hydrogen (secondary N) is 2. The van der Waals surface area contributed by atoms with E-state index >= 15 is 0 Å². The van der Waals surface area contributed by atoms with Crippen LogP contribution in [0.1, 0.15) is 63.2 Å². The van der Waals surface area contributed by atoms with Gasteiger partial charge in [-0.15, -0.1) is 0 Å². The molecule has 3 atom stereocenters. The average molecular weight is 489 g/mol. The maximum atomic E-state index is 13.4. The Hall–Kier alpha value is -2.32. The molecule has 2 aliphatic rings. The van der Waals surface area contributed by atoms with Gasteiger partial charge >= 0.3 is 6.03 Å². The molecular formula is C27H44N4O4. The Morgan fingerprint density at radius 3 is 2.63 bits per heavy atom. The summed E-state index contributed by atoms with van der Waals surface area (Å²) in [5.74, 6) is 1.37. The molecule has 1 aliphatic carbocycles. The van der Waals surface area contributed by atoms with Gasteiger partial charge in [0, 0.05) is 58.1 Å². The first-order valence-corrected chi connectivity index (χ1v) is 13.2. The molecule has 0 spiro atoms. The summed E-state index contributed by atoms with van der Waals surface area (Å²) >= 11 is 0. The number of anilines is 1. The number of amides is 3. The number of carbonyl (C=O) groups excluding carboxylic acids is 2. The summed E-state index contributed by atoms with van der Waals surface area (Å²) < 4.78 is 12.1. The Labute approximate surface area is 210 Å². The molecule has 1 fully saturated rings. The van der Waals surface area contributed by atoms with Gasteiger partial charge in [-0.05, 0) is 50.2 Å². The van der Waals surface area contributed by atoms with Gasteiger partial charge < -0.3 is 25.0 Å². The minimum atomic E-state index is -0.267. The number of fused-ring (bicyclic) bond motifs is 1. The molecule has 0 aromatic heterocycles. The molecule has 0 radical (unpaired) electrons. The second-order valence-electron chi connectivity index (χ2n) is 10.3. The molecule has 8 nitrogen and oxygen atoms in total. The van der Waals surface area contributed by atoms with Crippen LogP contribution in [0.5, 0.6) is 5.75 Å². The quantitative estimate of drug-likeness (QED) is 0.627. The first kappa shape index (κ1) is 27.3. The topological polar surface area (TPSA) is 83.1 Å². The number of hydrogen-bond acceptors (Lipinski definition) is 5. The van der Waals surface area contributed by atoms with Crippen LogP contribution in [-0.4, -0.2) is 80.8 Å². The van der Waals surface area contributed by atoms with Crippen molar-refractivity contribution >= 4 is 17.6 Å². The third-order valence-electron chi connectivity index (χ3n) is 7.34. The van der Waals surface area contributed by atoms with Gasteiger partial charge in [0.05, 0.1) is 11.7 Å². The highest BCUT2D eigenvalue weighted by atomic mass is 16.5. The van der Waals surface area contributed by atoms with Crippen molar-refractivity contribution in [3.8, 4) is 5.75 Å². The highest BCUT2D eigenvalue weighted by Crippen LogP contribution is 2.29. The molecule has 1 saturated carbocycles. The molecule has 2 N–H and O–H groups in total. The second-order valence-corrected chi connectivity index (χ2v) is 10.3. The molecule has 3 rings (SSSR count). The summed E-state index contributed by atoms with van der Waals surface area (Å²) in [4.78, 5) is 29.8. The van der Waals surface area contributed by atoms with Gasteiger partial charge in [-0.25, -0.2) is 4.79 Å². The van der Waals surface area contributed by atoms with Gasteiger partial charge in [0.15, 0.2) is 0 Å². The number of carbonyl (C=O) groups is 2. The van der Waals surface area contributed by atoms with Gasteiger partial charge in [0.25, 0.3) is 5.91 Å². The number of ether oxygens (including phenoxy) is 2. The number of urea groups is 1. The molecular weight excluding hydrogens is 444 g/mol. The lowest BCUT2D eigenvalue weighted by atomic mass is 9.99. The van der Waals surface area contributed by atoms with Gasteiger partial charge in [0.2, 0.25) is 0 Å². The number of hydrogen-bond donors (Lipinski definition) is 2. The lowest BCUT2D eigenvalue weighted by Crippen LogP contribution is -2.47. The van der Waals surface area contributed by atoms with Crippen LogP contribution in [0.2, 0.25) is 0 Å². The van der Waals surface area contributed by atoms with Crippen molar-refractivity contribution in [1.29, 1.82) is 0 Å². The standard InChI is InChI=1S/C27H44N4O4/c1-6-13-28-27(33)29-22-11-12-23-24(14-22)35-18-20(3)31(16-21-9-7-8-10-21)15-19(2)25(34-5)17-30(4)26(23)32/h11-12,14,19-21,25H,6-10,13,15-18H2,1-5H3,(H2,28,29,33)/t19-,20-,25-/m0/s1. The predicted molar refractivity (Wildman–Crippen MR) is 139 cm³/mol. The molecule has 35 heavy (non-hydrogen) atoms. The van der Waals surface area contributed by atoms with E-state index < -0.39 is 0 Å². The summed E-state index contributed by atoms with van der Waals surface area (Å²) in [5.41, 5.74) is 1.09. The summed E-state index contributed by atoms with van der Waals surface area (Å²) in [7, 11) is 3.54. The Morgan fingerprint density at radius 1 is 1.20 bits per heavy atom. The molecule has 1 aliphatic heterocycles. The van der Waals surface area contributed by atoms with E-state index in [-0.39, 0.29) is 30.0 Å². The smallest absolute Gasteiger partial charge is 0.319 e.